The fraction of sp³-hybridized carbons (Fsp3) is 0.500. The molecule has 5 heteroatoms. The molecule has 2 aliphatic heterocycles. The summed E-state index contributed by atoms with van der Waals surface area (Å²) >= 11 is 0. The van der Waals surface area contributed by atoms with Crippen LogP contribution in [0.4, 0.5) is 5.69 Å². The van der Waals surface area contributed by atoms with Gasteiger partial charge in [0.1, 0.15) is 6.07 Å². The minimum atomic E-state index is 0.119. The molecule has 5 nitrogen and oxygen atoms in total. The number of amides is 1. The molecule has 1 aromatic heterocycles. The van der Waals surface area contributed by atoms with E-state index in [0.29, 0.717) is 11.5 Å². The van der Waals surface area contributed by atoms with Crippen LogP contribution >= 0.6 is 0 Å². The molecule has 2 saturated heterocycles. The van der Waals surface area contributed by atoms with Crippen LogP contribution < -0.4 is 4.90 Å². The average Bonchev–Trinajstić information content (AvgIpc) is 2.73. The number of nitriles is 1. The van der Waals surface area contributed by atoms with Crippen LogP contribution in [0.25, 0.3) is 10.9 Å². The van der Waals surface area contributed by atoms with E-state index in [-0.39, 0.29) is 5.92 Å². The van der Waals surface area contributed by atoms with Crippen molar-refractivity contribution in [1.82, 2.24) is 9.88 Å². The van der Waals surface area contributed by atoms with Crippen molar-refractivity contribution in [3.63, 3.8) is 0 Å². The third-order valence-electron chi connectivity index (χ3n) is 6.12. The lowest BCUT2D eigenvalue weighted by molar-refractivity contribution is -0.137. The number of hydrogen-bond acceptors (Lipinski definition) is 4. The second-order valence-corrected chi connectivity index (χ2v) is 7.92. The third-order valence-corrected chi connectivity index (χ3v) is 6.12. The summed E-state index contributed by atoms with van der Waals surface area (Å²) in [6, 6.07) is 10.3. The highest BCUT2D eigenvalue weighted by Gasteiger charge is 2.31. The molecule has 0 radical (unpaired) electrons. The van der Waals surface area contributed by atoms with Crippen molar-refractivity contribution in [2.45, 2.75) is 32.6 Å². The smallest absolute Gasteiger partial charge is 0.225 e. The van der Waals surface area contributed by atoms with Crippen LogP contribution in [0.3, 0.4) is 0 Å². The van der Waals surface area contributed by atoms with E-state index >= 15 is 0 Å². The molecule has 140 valence electrons. The van der Waals surface area contributed by atoms with Gasteiger partial charge in [0.2, 0.25) is 5.91 Å². The SMILES string of the molecule is CC1CCN(C(=O)C2CCN(c3c(C#N)cnc4ccccc34)CC2)CC1. The fourth-order valence-corrected chi connectivity index (χ4v) is 4.39. The van der Waals surface area contributed by atoms with Crippen molar-refractivity contribution < 1.29 is 4.79 Å². The van der Waals surface area contributed by atoms with Gasteiger partial charge in [0, 0.05) is 43.7 Å². The molecular formula is C22H26N4O. The molecule has 1 aromatic carbocycles. The Morgan fingerprint density at radius 1 is 1.11 bits per heavy atom. The topological polar surface area (TPSA) is 60.2 Å². The van der Waals surface area contributed by atoms with Crippen LogP contribution in [0.2, 0.25) is 0 Å². The molecule has 3 heterocycles. The van der Waals surface area contributed by atoms with Gasteiger partial charge in [-0.05, 0) is 37.7 Å². The van der Waals surface area contributed by atoms with Crippen molar-refractivity contribution >= 4 is 22.5 Å². The number of hydrogen-bond donors (Lipinski definition) is 0. The molecule has 1 amide bonds. The van der Waals surface area contributed by atoms with Gasteiger partial charge >= 0.3 is 0 Å². The molecule has 0 aliphatic carbocycles. The number of aromatic nitrogens is 1. The molecule has 0 N–H and O–H groups in total. The summed E-state index contributed by atoms with van der Waals surface area (Å²) in [6.45, 7) is 5.71. The van der Waals surface area contributed by atoms with Crippen LogP contribution in [-0.4, -0.2) is 42.0 Å². The number of nitrogens with zero attached hydrogens (tertiary/aromatic N) is 4. The number of carbonyl (C=O) groups excluding carboxylic acids is 1. The van der Waals surface area contributed by atoms with Crippen molar-refractivity contribution in [3.8, 4) is 6.07 Å². The van der Waals surface area contributed by atoms with Crippen molar-refractivity contribution in [2.24, 2.45) is 11.8 Å². The molecule has 2 aliphatic rings. The Morgan fingerprint density at radius 3 is 2.52 bits per heavy atom. The summed E-state index contributed by atoms with van der Waals surface area (Å²) < 4.78 is 0. The van der Waals surface area contributed by atoms with Gasteiger partial charge in [0.05, 0.1) is 16.8 Å². The first-order valence-corrected chi connectivity index (χ1v) is 9.99. The van der Waals surface area contributed by atoms with E-state index in [1.807, 2.05) is 24.3 Å². The summed E-state index contributed by atoms with van der Waals surface area (Å²) in [4.78, 5) is 21.6. The van der Waals surface area contributed by atoms with Gasteiger partial charge in [-0.3, -0.25) is 9.78 Å². The Labute approximate surface area is 160 Å². The molecule has 0 atom stereocenters. The van der Waals surface area contributed by atoms with Crippen molar-refractivity contribution in [1.29, 1.82) is 5.26 Å². The van der Waals surface area contributed by atoms with Crippen LogP contribution in [-0.2, 0) is 4.79 Å². The highest BCUT2D eigenvalue weighted by Crippen LogP contribution is 2.33. The Kier molecular flexibility index (Phi) is 4.98. The summed E-state index contributed by atoms with van der Waals surface area (Å²) in [5.41, 5.74) is 2.50. The molecule has 0 saturated carbocycles. The number of para-hydroxylation sites is 1. The van der Waals surface area contributed by atoms with Gasteiger partial charge in [-0.2, -0.15) is 5.26 Å². The van der Waals surface area contributed by atoms with E-state index in [9.17, 15) is 10.1 Å². The maximum atomic E-state index is 12.9. The van der Waals surface area contributed by atoms with Crippen LogP contribution in [0.5, 0.6) is 0 Å². The Bertz CT molecular complexity index is 872. The first kappa shape index (κ1) is 17.8. The van der Waals surface area contributed by atoms with E-state index < -0.39 is 0 Å². The second-order valence-electron chi connectivity index (χ2n) is 7.92. The number of benzene rings is 1. The summed E-state index contributed by atoms with van der Waals surface area (Å²) in [5.74, 6) is 1.19. The lowest BCUT2D eigenvalue weighted by atomic mass is 9.92. The summed E-state index contributed by atoms with van der Waals surface area (Å²) in [6.07, 6.45) is 5.63. The summed E-state index contributed by atoms with van der Waals surface area (Å²) in [7, 11) is 0. The van der Waals surface area contributed by atoms with Crippen molar-refractivity contribution in [3.05, 3.63) is 36.0 Å². The minimum absolute atomic E-state index is 0.119. The number of pyridine rings is 1. The predicted molar refractivity (Wildman–Crippen MR) is 106 cm³/mol. The average molecular weight is 362 g/mol. The van der Waals surface area contributed by atoms with E-state index in [1.165, 1.54) is 0 Å². The van der Waals surface area contributed by atoms with Gasteiger partial charge in [0.15, 0.2) is 0 Å². The minimum Gasteiger partial charge on any atom is -0.370 e. The monoisotopic (exact) mass is 362 g/mol. The maximum absolute atomic E-state index is 12.9. The van der Waals surface area contributed by atoms with E-state index in [4.69, 9.17) is 0 Å². The van der Waals surface area contributed by atoms with Gasteiger partial charge in [-0.1, -0.05) is 25.1 Å². The number of carbonyl (C=O) groups is 1. The number of piperidine rings is 2. The maximum Gasteiger partial charge on any atom is 0.225 e. The van der Waals surface area contributed by atoms with E-state index in [1.54, 1.807) is 6.20 Å². The zero-order valence-electron chi connectivity index (χ0n) is 15.9. The highest BCUT2D eigenvalue weighted by atomic mass is 16.2. The lowest BCUT2D eigenvalue weighted by Crippen LogP contribution is -2.45. The van der Waals surface area contributed by atoms with E-state index in [0.717, 1.165) is 74.4 Å². The van der Waals surface area contributed by atoms with Crippen LogP contribution in [0.15, 0.2) is 30.5 Å². The Balaban J connectivity index is 1.49. The predicted octanol–water partition coefficient (Wildman–Crippen LogP) is 3.58. The first-order chi connectivity index (χ1) is 13.2. The fourth-order valence-electron chi connectivity index (χ4n) is 4.39. The summed E-state index contributed by atoms with van der Waals surface area (Å²) in [5, 5.41) is 10.6. The standard InChI is InChI=1S/C22H26N4O/c1-16-6-10-26(11-7-16)22(27)17-8-12-25(13-9-17)21-18(14-23)15-24-20-5-3-2-4-19(20)21/h2-5,15-17H,6-13H2,1H3. The van der Waals surface area contributed by atoms with Crippen LogP contribution in [0.1, 0.15) is 38.2 Å². The molecule has 2 aromatic rings. The highest BCUT2D eigenvalue weighted by molar-refractivity contribution is 5.94. The Morgan fingerprint density at radius 2 is 1.81 bits per heavy atom. The zero-order valence-corrected chi connectivity index (χ0v) is 15.9. The molecule has 4 rings (SSSR count). The molecule has 0 bridgehead atoms. The number of anilines is 1. The van der Waals surface area contributed by atoms with Gasteiger partial charge in [0.25, 0.3) is 0 Å². The molecule has 27 heavy (non-hydrogen) atoms. The molecule has 0 spiro atoms. The van der Waals surface area contributed by atoms with Gasteiger partial charge in [-0.25, -0.2) is 0 Å². The van der Waals surface area contributed by atoms with E-state index in [2.05, 4.69) is 27.8 Å². The van der Waals surface area contributed by atoms with Crippen molar-refractivity contribution in [2.75, 3.05) is 31.1 Å². The van der Waals surface area contributed by atoms with Gasteiger partial charge < -0.3 is 9.80 Å². The number of fused-ring (bicyclic) bond motifs is 1. The first-order valence-electron chi connectivity index (χ1n) is 9.99. The quantitative estimate of drug-likeness (QED) is 0.819. The molecular weight excluding hydrogens is 336 g/mol. The number of likely N-dealkylation sites (tertiary alicyclic amines) is 1. The zero-order chi connectivity index (χ0) is 18.8. The normalized spacial score (nSPS) is 19.3. The Hall–Kier alpha value is -2.61. The molecule has 0 unspecified atom stereocenters. The van der Waals surface area contributed by atoms with Crippen LogP contribution in [0, 0.1) is 23.2 Å². The second kappa shape index (κ2) is 7.56. The molecule has 2 fully saturated rings. The third kappa shape index (κ3) is 3.49. The number of rotatable bonds is 2. The largest absolute Gasteiger partial charge is 0.370 e. The van der Waals surface area contributed by atoms with Gasteiger partial charge in [-0.15, -0.1) is 0 Å². The lowest BCUT2D eigenvalue weighted by Gasteiger charge is -2.38.